The van der Waals surface area contributed by atoms with Crippen LogP contribution >= 0.6 is 0 Å². The summed E-state index contributed by atoms with van der Waals surface area (Å²) in [6.07, 6.45) is 2.21. The Morgan fingerprint density at radius 2 is 2.50 bits per heavy atom. The molecule has 1 aromatic rings. The van der Waals surface area contributed by atoms with Crippen molar-refractivity contribution in [2.45, 2.75) is 18.9 Å². The van der Waals surface area contributed by atoms with Gasteiger partial charge in [0, 0.05) is 13.7 Å². The van der Waals surface area contributed by atoms with Gasteiger partial charge < -0.3 is 10.1 Å². The number of anilines is 1. The summed E-state index contributed by atoms with van der Waals surface area (Å²) < 4.78 is 6.70. The van der Waals surface area contributed by atoms with Gasteiger partial charge in [0.05, 0.1) is 17.1 Å². The van der Waals surface area contributed by atoms with Crippen LogP contribution in [-0.2, 0) is 11.8 Å². The molecule has 0 saturated carbocycles. The monoisotopic (exact) mass is 226 g/mol. The molecule has 1 N–H and O–H groups in total. The van der Waals surface area contributed by atoms with E-state index in [1.807, 2.05) is 6.92 Å². The Labute approximate surface area is 92.5 Å². The van der Waals surface area contributed by atoms with Crippen molar-refractivity contribution in [2.75, 3.05) is 18.5 Å². The van der Waals surface area contributed by atoms with Gasteiger partial charge in [0.15, 0.2) is 0 Å². The number of nitro groups is 1. The summed E-state index contributed by atoms with van der Waals surface area (Å²) in [5.74, 6) is 0.306. The predicted molar refractivity (Wildman–Crippen MR) is 57.3 cm³/mol. The van der Waals surface area contributed by atoms with Crippen LogP contribution in [0.1, 0.15) is 13.3 Å². The largest absolute Gasteiger partial charge is 0.379 e. The van der Waals surface area contributed by atoms with E-state index in [-0.39, 0.29) is 11.2 Å². The number of rotatable bonds is 3. The maximum absolute atomic E-state index is 10.8. The van der Waals surface area contributed by atoms with Crippen molar-refractivity contribution >= 4 is 11.5 Å². The Morgan fingerprint density at radius 1 is 1.75 bits per heavy atom. The van der Waals surface area contributed by atoms with Crippen LogP contribution in [0.5, 0.6) is 0 Å². The van der Waals surface area contributed by atoms with Crippen LogP contribution in [0.2, 0.25) is 0 Å². The third kappa shape index (κ3) is 1.99. The number of nitrogens with zero attached hydrogens (tertiary/aromatic N) is 3. The summed E-state index contributed by atoms with van der Waals surface area (Å²) >= 11 is 0. The van der Waals surface area contributed by atoms with Crippen LogP contribution in [0.15, 0.2) is 6.20 Å². The summed E-state index contributed by atoms with van der Waals surface area (Å²) in [6, 6.07) is 0. The lowest BCUT2D eigenvalue weighted by Gasteiger charge is -2.22. The van der Waals surface area contributed by atoms with Gasteiger partial charge >= 0.3 is 5.69 Å². The molecule has 1 aliphatic heterocycles. The number of aromatic nitrogens is 2. The van der Waals surface area contributed by atoms with Crippen LogP contribution < -0.4 is 5.32 Å². The molecule has 7 heteroatoms. The number of aryl methyl sites for hydroxylation is 1. The molecular formula is C9H14N4O3. The lowest BCUT2D eigenvalue weighted by molar-refractivity contribution is -0.384. The molecule has 1 aromatic heterocycles. The van der Waals surface area contributed by atoms with Gasteiger partial charge in [-0.1, -0.05) is 0 Å². The predicted octanol–water partition coefficient (Wildman–Crippen LogP) is 0.919. The van der Waals surface area contributed by atoms with Crippen molar-refractivity contribution in [1.29, 1.82) is 0 Å². The quantitative estimate of drug-likeness (QED) is 0.612. The first-order valence-electron chi connectivity index (χ1n) is 5.04. The third-order valence-electron chi connectivity index (χ3n) is 2.65. The van der Waals surface area contributed by atoms with Crippen molar-refractivity contribution in [1.82, 2.24) is 9.78 Å². The van der Waals surface area contributed by atoms with E-state index in [1.165, 1.54) is 10.9 Å². The van der Waals surface area contributed by atoms with Crippen molar-refractivity contribution in [3.05, 3.63) is 16.3 Å². The fourth-order valence-electron chi connectivity index (χ4n) is 1.75. The van der Waals surface area contributed by atoms with Gasteiger partial charge in [-0.3, -0.25) is 14.8 Å². The minimum absolute atomic E-state index is 0.00405. The van der Waals surface area contributed by atoms with Crippen LogP contribution in [0.3, 0.4) is 0 Å². The topological polar surface area (TPSA) is 82.2 Å². The summed E-state index contributed by atoms with van der Waals surface area (Å²) in [7, 11) is 1.66. The van der Waals surface area contributed by atoms with Crippen molar-refractivity contribution in [3.8, 4) is 0 Å². The summed E-state index contributed by atoms with van der Waals surface area (Å²) in [6.45, 7) is 3.18. The summed E-state index contributed by atoms with van der Waals surface area (Å²) in [5, 5.41) is 17.9. The minimum atomic E-state index is -0.436. The molecule has 2 rings (SSSR count). The van der Waals surface area contributed by atoms with Crippen LogP contribution in [0, 0.1) is 10.1 Å². The fourth-order valence-corrected chi connectivity index (χ4v) is 1.75. The fraction of sp³-hybridized carbons (Fsp3) is 0.667. The van der Waals surface area contributed by atoms with E-state index >= 15 is 0 Å². The molecule has 88 valence electrons. The molecular weight excluding hydrogens is 212 g/mol. The van der Waals surface area contributed by atoms with E-state index in [0.29, 0.717) is 19.0 Å². The first-order valence-corrected chi connectivity index (χ1v) is 5.04. The second-order valence-electron chi connectivity index (χ2n) is 4.28. The van der Waals surface area contributed by atoms with E-state index in [9.17, 15) is 10.1 Å². The van der Waals surface area contributed by atoms with Crippen LogP contribution in [0.4, 0.5) is 11.5 Å². The van der Waals surface area contributed by atoms with E-state index in [4.69, 9.17) is 4.74 Å². The molecule has 16 heavy (non-hydrogen) atoms. The maximum Gasteiger partial charge on any atom is 0.330 e. The Hall–Kier alpha value is -1.63. The zero-order valence-corrected chi connectivity index (χ0v) is 9.27. The number of hydrogen-bond donors (Lipinski definition) is 1. The zero-order chi connectivity index (χ0) is 11.8. The highest BCUT2D eigenvalue weighted by Gasteiger charge is 2.33. The Kier molecular flexibility index (Phi) is 2.55. The highest BCUT2D eigenvalue weighted by atomic mass is 16.6. The molecule has 0 amide bonds. The number of hydrogen-bond acceptors (Lipinski definition) is 5. The molecule has 0 spiro atoms. The summed E-state index contributed by atoms with van der Waals surface area (Å²) in [4.78, 5) is 10.4. The minimum Gasteiger partial charge on any atom is -0.379 e. The van der Waals surface area contributed by atoms with Crippen molar-refractivity contribution in [3.63, 3.8) is 0 Å². The molecule has 2 heterocycles. The molecule has 1 fully saturated rings. The van der Waals surface area contributed by atoms with Gasteiger partial charge in [-0.15, -0.1) is 5.10 Å². The number of nitrogens with one attached hydrogen (secondary N) is 1. The Bertz CT molecular complexity index is 409. The smallest absolute Gasteiger partial charge is 0.330 e. The Balaban J connectivity index is 2.23. The van der Waals surface area contributed by atoms with Crippen molar-refractivity contribution in [2.24, 2.45) is 7.05 Å². The second-order valence-corrected chi connectivity index (χ2v) is 4.28. The molecule has 0 bridgehead atoms. The van der Waals surface area contributed by atoms with Gasteiger partial charge in [-0.05, 0) is 13.3 Å². The summed E-state index contributed by atoms with van der Waals surface area (Å²) in [5.41, 5.74) is -0.269. The highest BCUT2D eigenvalue weighted by Crippen LogP contribution is 2.28. The van der Waals surface area contributed by atoms with Gasteiger partial charge in [0.1, 0.15) is 6.20 Å². The van der Waals surface area contributed by atoms with Crippen LogP contribution in [-0.4, -0.2) is 33.5 Å². The lowest BCUT2D eigenvalue weighted by atomic mass is 10.0. The molecule has 0 aliphatic carbocycles. The molecule has 7 nitrogen and oxygen atoms in total. The van der Waals surface area contributed by atoms with Gasteiger partial charge in [0.2, 0.25) is 5.82 Å². The van der Waals surface area contributed by atoms with E-state index < -0.39 is 4.92 Å². The second kappa shape index (κ2) is 3.75. The average Bonchev–Trinajstić information content (AvgIpc) is 2.73. The lowest BCUT2D eigenvalue weighted by Crippen LogP contribution is -2.35. The molecule has 1 saturated heterocycles. The first-order chi connectivity index (χ1) is 7.50. The van der Waals surface area contributed by atoms with E-state index in [1.54, 1.807) is 7.05 Å². The van der Waals surface area contributed by atoms with E-state index in [0.717, 1.165) is 6.42 Å². The number of ether oxygens (including phenoxy) is 1. The van der Waals surface area contributed by atoms with Crippen molar-refractivity contribution < 1.29 is 9.66 Å². The van der Waals surface area contributed by atoms with Gasteiger partial charge in [-0.25, -0.2) is 0 Å². The molecule has 1 aliphatic rings. The molecule has 0 aromatic carbocycles. The first kappa shape index (κ1) is 10.9. The Morgan fingerprint density at radius 3 is 3.06 bits per heavy atom. The average molecular weight is 226 g/mol. The third-order valence-corrected chi connectivity index (χ3v) is 2.65. The normalized spacial score (nSPS) is 24.6. The standard InChI is InChI=1S/C9H14N4O3/c1-9(3-4-16-6-9)10-8-7(13(14)15)5-12(2)11-8/h5H,3-4,6H2,1-2H3,(H,10,11). The highest BCUT2D eigenvalue weighted by molar-refractivity contribution is 5.56. The van der Waals surface area contributed by atoms with Gasteiger partial charge in [0.25, 0.3) is 0 Å². The SMILES string of the molecule is Cn1cc([N+](=O)[O-])c(NC2(C)CCOC2)n1. The molecule has 1 unspecified atom stereocenters. The molecule has 1 atom stereocenters. The van der Waals surface area contributed by atoms with Gasteiger partial charge in [-0.2, -0.15) is 0 Å². The zero-order valence-electron chi connectivity index (χ0n) is 9.27. The van der Waals surface area contributed by atoms with Crippen LogP contribution in [0.25, 0.3) is 0 Å². The van der Waals surface area contributed by atoms with E-state index in [2.05, 4.69) is 10.4 Å². The maximum atomic E-state index is 10.8. The molecule has 0 radical (unpaired) electrons.